The number of nitrogens with zero attached hydrogens (tertiary/aromatic N) is 1. The molecule has 1 N–H and O–H groups in total. The first-order chi connectivity index (χ1) is 7.97. The molecule has 0 aliphatic heterocycles. The SMILES string of the molecule is Cc1ccc(S)cc1C(=O)N(CCO)C(C)C. The Morgan fingerprint density at radius 1 is 1.47 bits per heavy atom. The van der Waals surface area contributed by atoms with Crippen molar-refractivity contribution in [2.45, 2.75) is 31.7 Å². The van der Waals surface area contributed by atoms with Gasteiger partial charge in [0.05, 0.1) is 6.61 Å². The van der Waals surface area contributed by atoms with E-state index in [1.54, 1.807) is 11.0 Å². The van der Waals surface area contributed by atoms with Crippen molar-refractivity contribution in [1.29, 1.82) is 0 Å². The predicted octanol–water partition coefficient (Wildman–Crippen LogP) is 2.13. The van der Waals surface area contributed by atoms with E-state index in [0.29, 0.717) is 12.1 Å². The number of amides is 1. The van der Waals surface area contributed by atoms with Crippen molar-refractivity contribution in [3.05, 3.63) is 29.3 Å². The maximum absolute atomic E-state index is 12.3. The van der Waals surface area contributed by atoms with E-state index in [9.17, 15) is 4.79 Å². The van der Waals surface area contributed by atoms with Crippen LogP contribution in [0.25, 0.3) is 0 Å². The summed E-state index contributed by atoms with van der Waals surface area (Å²) in [5.74, 6) is -0.0533. The lowest BCUT2D eigenvalue weighted by atomic mass is 10.1. The molecule has 1 amide bonds. The molecule has 0 heterocycles. The van der Waals surface area contributed by atoms with Crippen molar-refractivity contribution in [2.24, 2.45) is 0 Å². The van der Waals surface area contributed by atoms with Gasteiger partial charge in [0.25, 0.3) is 5.91 Å². The lowest BCUT2D eigenvalue weighted by Crippen LogP contribution is -2.39. The zero-order valence-electron chi connectivity index (χ0n) is 10.5. The normalized spacial score (nSPS) is 10.7. The minimum atomic E-state index is -0.0533. The summed E-state index contributed by atoms with van der Waals surface area (Å²) >= 11 is 4.25. The number of benzene rings is 1. The summed E-state index contributed by atoms with van der Waals surface area (Å²) in [4.78, 5) is 14.8. The summed E-state index contributed by atoms with van der Waals surface area (Å²) in [6.45, 7) is 6.11. The van der Waals surface area contributed by atoms with E-state index in [1.165, 1.54) is 0 Å². The third kappa shape index (κ3) is 3.48. The second-order valence-electron chi connectivity index (χ2n) is 4.32. The van der Waals surface area contributed by atoms with Crippen LogP contribution in [0.3, 0.4) is 0 Å². The van der Waals surface area contributed by atoms with E-state index in [2.05, 4.69) is 12.6 Å². The lowest BCUT2D eigenvalue weighted by Gasteiger charge is -2.26. The molecule has 17 heavy (non-hydrogen) atoms. The van der Waals surface area contributed by atoms with Gasteiger partial charge in [-0.2, -0.15) is 0 Å². The number of rotatable bonds is 4. The zero-order chi connectivity index (χ0) is 13.0. The fraction of sp³-hybridized carbons (Fsp3) is 0.462. The molecular formula is C13H19NO2S. The van der Waals surface area contributed by atoms with E-state index < -0.39 is 0 Å². The van der Waals surface area contributed by atoms with E-state index >= 15 is 0 Å². The maximum Gasteiger partial charge on any atom is 0.254 e. The van der Waals surface area contributed by atoms with Crippen LogP contribution >= 0.6 is 12.6 Å². The molecular weight excluding hydrogens is 234 g/mol. The molecule has 3 nitrogen and oxygen atoms in total. The predicted molar refractivity (Wildman–Crippen MR) is 71.7 cm³/mol. The third-order valence-corrected chi connectivity index (χ3v) is 2.95. The van der Waals surface area contributed by atoms with Crippen LogP contribution in [0.2, 0.25) is 0 Å². The highest BCUT2D eigenvalue weighted by atomic mass is 32.1. The molecule has 0 aliphatic carbocycles. The van der Waals surface area contributed by atoms with Crippen LogP contribution in [-0.2, 0) is 0 Å². The molecule has 1 aromatic carbocycles. The molecule has 1 rings (SSSR count). The molecule has 0 aliphatic rings. The van der Waals surface area contributed by atoms with Gasteiger partial charge in [-0.1, -0.05) is 6.07 Å². The Hall–Kier alpha value is -1.00. The monoisotopic (exact) mass is 253 g/mol. The highest BCUT2D eigenvalue weighted by Gasteiger charge is 2.19. The average molecular weight is 253 g/mol. The summed E-state index contributed by atoms with van der Waals surface area (Å²) in [5.41, 5.74) is 1.58. The van der Waals surface area contributed by atoms with Gasteiger partial charge in [-0.25, -0.2) is 0 Å². The van der Waals surface area contributed by atoms with Crippen molar-refractivity contribution < 1.29 is 9.90 Å². The number of carbonyl (C=O) groups is 1. The highest BCUT2D eigenvalue weighted by molar-refractivity contribution is 7.80. The molecule has 0 radical (unpaired) electrons. The minimum Gasteiger partial charge on any atom is -0.395 e. The summed E-state index contributed by atoms with van der Waals surface area (Å²) in [6, 6.07) is 5.58. The Morgan fingerprint density at radius 3 is 2.65 bits per heavy atom. The number of hydrogen-bond acceptors (Lipinski definition) is 3. The molecule has 0 atom stereocenters. The van der Waals surface area contributed by atoms with Gasteiger partial charge in [-0.15, -0.1) is 12.6 Å². The van der Waals surface area contributed by atoms with Crippen LogP contribution in [0.5, 0.6) is 0 Å². The molecule has 0 fully saturated rings. The van der Waals surface area contributed by atoms with Crippen LogP contribution in [0, 0.1) is 6.92 Å². The van der Waals surface area contributed by atoms with Gasteiger partial charge < -0.3 is 10.0 Å². The summed E-state index contributed by atoms with van der Waals surface area (Å²) in [6.07, 6.45) is 0. The topological polar surface area (TPSA) is 40.5 Å². The van der Waals surface area contributed by atoms with Crippen LogP contribution in [0.15, 0.2) is 23.1 Å². The molecule has 0 bridgehead atoms. The van der Waals surface area contributed by atoms with Crippen molar-refractivity contribution >= 4 is 18.5 Å². The molecule has 0 saturated heterocycles. The lowest BCUT2D eigenvalue weighted by molar-refractivity contribution is 0.0664. The maximum atomic E-state index is 12.3. The largest absolute Gasteiger partial charge is 0.395 e. The molecule has 0 saturated carbocycles. The molecule has 0 unspecified atom stereocenters. The first-order valence-corrected chi connectivity index (χ1v) is 6.13. The zero-order valence-corrected chi connectivity index (χ0v) is 11.4. The van der Waals surface area contributed by atoms with Crippen molar-refractivity contribution in [3.63, 3.8) is 0 Å². The summed E-state index contributed by atoms with van der Waals surface area (Å²) in [7, 11) is 0. The van der Waals surface area contributed by atoms with Gasteiger partial charge in [-0.3, -0.25) is 4.79 Å². The second kappa shape index (κ2) is 6.07. The first kappa shape index (κ1) is 14.1. The Morgan fingerprint density at radius 2 is 2.12 bits per heavy atom. The Labute approximate surface area is 108 Å². The van der Waals surface area contributed by atoms with Gasteiger partial charge in [0.15, 0.2) is 0 Å². The summed E-state index contributed by atoms with van der Waals surface area (Å²) in [5, 5.41) is 9.00. The van der Waals surface area contributed by atoms with E-state index in [-0.39, 0.29) is 18.6 Å². The Balaban J connectivity index is 3.04. The van der Waals surface area contributed by atoms with Crippen LogP contribution in [0.1, 0.15) is 29.8 Å². The number of hydrogen-bond donors (Lipinski definition) is 2. The number of aliphatic hydroxyl groups is 1. The third-order valence-electron chi connectivity index (χ3n) is 2.68. The molecule has 0 spiro atoms. The van der Waals surface area contributed by atoms with Gasteiger partial charge in [-0.05, 0) is 38.5 Å². The Bertz CT molecular complexity index is 404. The first-order valence-electron chi connectivity index (χ1n) is 5.68. The van der Waals surface area contributed by atoms with Crippen molar-refractivity contribution in [2.75, 3.05) is 13.2 Å². The molecule has 4 heteroatoms. The number of carbonyl (C=O) groups excluding carboxylic acids is 1. The quantitative estimate of drug-likeness (QED) is 0.807. The van der Waals surface area contributed by atoms with E-state index in [4.69, 9.17) is 5.11 Å². The molecule has 94 valence electrons. The number of aryl methyl sites for hydroxylation is 1. The Kier molecular flexibility index (Phi) is 5.02. The van der Waals surface area contributed by atoms with Gasteiger partial charge in [0.1, 0.15) is 0 Å². The molecule has 0 aromatic heterocycles. The van der Waals surface area contributed by atoms with Crippen LogP contribution in [0.4, 0.5) is 0 Å². The second-order valence-corrected chi connectivity index (χ2v) is 4.83. The average Bonchev–Trinajstić information content (AvgIpc) is 2.28. The van der Waals surface area contributed by atoms with Crippen molar-refractivity contribution in [1.82, 2.24) is 4.90 Å². The fourth-order valence-corrected chi connectivity index (χ4v) is 1.90. The fourth-order valence-electron chi connectivity index (χ4n) is 1.70. The highest BCUT2D eigenvalue weighted by Crippen LogP contribution is 2.17. The minimum absolute atomic E-state index is 0.0243. The van der Waals surface area contributed by atoms with Gasteiger partial charge in [0.2, 0.25) is 0 Å². The number of aliphatic hydroxyl groups excluding tert-OH is 1. The van der Waals surface area contributed by atoms with E-state index in [1.807, 2.05) is 32.9 Å². The van der Waals surface area contributed by atoms with Crippen LogP contribution < -0.4 is 0 Å². The van der Waals surface area contributed by atoms with Crippen molar-refractivity contribution in [3.8, 4) is 0 Å². The number of thiol groups is 1. The smallest absolute Gasteiger partial charge is 0.254 e. The van der Waals surface area contributed by atoms with E-state index in [0.717, 1.165) is 10.5 Å². The standard InChI is InChI=1S/C13H19NO2S/c1-9(2)14(6-7-15)13(16)12-8-11(17)5-4-10(12)3/h4-5,8-9,15,17H,6-7H2,1-3H3. The van der Waals surface area contributed by atoms with Crippen LogP contribution in [-0.4, -0.2) is 35.1 Å². The summed E-state index contributed by atoms with van der Waals surface area (Å²) < 4.78 is 0. The molecule has 1 aromatic rings. The van der Waals surface area contributed by atoms with Gasteiger partial charge >= 0.3 is 0 Å². The van der Waals surface area contributed by atoms with Gasteiger partial charge in [0, 0.05) is 23.0 Å².